The first-order valence-electron chi connectivity index (χ1n) is 10.6. The Morgan fingerprint density at radius 1 is 0.970 bits per heavy atom. The van der Waals surface area contributed by atoms with Crippen molar-refractivity contribution in [2.45, 2.75) is 38.5 Å². The first-order valence-corrected chi connectivity index (χ1v) is 10.6. The molecule has 0 radical (unpaired) electrons. The van der Waals surface area contributed by atoms with Crippen LogP contribution in [0, 0.1) is 5.92 Å². The average Bonchev–Trinajstić information content (AvgIpc) is 2.82. The molecule has 5 N–H and O–H groups in total. The lowest BCUT2D eigenvalue weighted by Gasteiger charge is -2.26. The minimum atomic E-state index is -1.74. The maximum absolute atomic E-state index is 12.8. The number of benzene rings is 2. The third kappa shape index (κ3) is 7.43. The first-order chi connectivity index (χ1) is 15.7. The van der Waals surface area contributed by atoms with Gasteiger partial charge < -0.3 is 26.2 Å². The second kappa shape index (κ2) is 12.4. The highest BCUT2D eigenvalue weighted by Gasteiger charge is 2.33. The molecule has 2 aromatic rings. The second-order valence-electron chi connectivity index (χ2n) is 7.53. The standard InChI is InChI=1S/C24H29N3O6/c1-3-33-24(32)15(2)14-18(21(25)29)26-23(31)20(28)19(16-10-6-4-7-11-16)27-22(30)17-12-8-5-9-13-17/h4-13,15,18-20,28H,3,14H2,1-2H3,(H2,25,29)(H,26,31)(H,27,30)/t15-,18+,19-,20+/m0/s1. The van der Waals surface area contributed by atoms with Crippen molar-refractivity contribution in [1.82, 2.24) is 10.6 Å². The molecule has 0 spiro atoms. The number of nitrogens with two attached hydrogens (primary N) is 1. The van der Waals surface area contributed by atoms with Crippen LogP contribution in [0.2, 0.25) is 0 Å². The van der Waals surface area contributed by atoms with Gasteiger partial charge in [0.25, 0.3) is 11.8 Å². The molecule has 2 rings (SSSR count). The van der Waals surface area contributed by atoms with E-state index in [1.54, 1.807) is 74.5 Å². The van der Waals surface area contributed by atoms with Gasteiger partial charge in [0.15, 0.2) is 6.10 Å². The average molecular weight is 456 g/mol. The molecule has 4 atom stereocenters. The van der Waals surface area contributed by atoms with Crippen LogP contribution < -0.4 is 16.4 Å². The summed E-state index contributed by atoms with van der Waals surface area (Å²) in [5.41, 5.74) is 6.23. The Bertz CT molecular complexity index is 951. The molecule has 33 heavy (non-hydrogen) atoms. The van der Waals surface area contributed by atoms with Gasteiger partial charge in [0.2, 0.25) is 5.91 Å². The zero-order valence-corrected chi connectivity index (χ0v) is 18.6. The minimum Gasteiger partial charge on any atom is -0.466 e. The lowest BCUT2D eigenvalue weighted by atomic mass is 9.98. The Balaban J connectivity index is 2.19. The molecule has 0 fully saturated rings. The van der Waals surface area contributed by atoms with E-state index in [2.05, 4.69) is 10.6 Å². The molecule has 9 heteroatoms. The third-order valence-electron chi connectivity index (χ3n) is 5.00. The predicted molar refractivity (Wildman–Crippen MR) is 121 cm³/mol. The summed E-state index contributed by atoms with van der Waals surface area (Å²) in [6.07, 6.45) is -1.83. The Labute approximate surface area is 192 Å². The van der Waals surface area contributed by atoms with E-state index in [0.29, 0.717) is 11.1 Å². The van der Waals surface area contributed by atoms with E-state index in [9.17, 15) is 24.3 Å². The monoisotopic (exact) mass is 455 g/mol. The maximum Gasteiger partial charge on any atom is 0.308 e. The molecule has 0 aromatic heterocycles. The Morgan fingerprint density at radius 3 is 2.09 bits per heavy atom. The Morgan fingerprint density at radius 2 is 1.55 bits per heavy atom. The van der Waals surface area contributed by atoms with Crippen molar-refractivity contribution in [3.8, 4) is 0 Å². The summed E-state index contributed by atoms with van der Waals surface area (Å²) in [6.45, 7) is 3.38. The smallest absolute Gasteiger partial charge is 0.308 e. The molecule has 0 aliphatic carbocycles. The number of primary amides is 1. The molecular weight excluding hydrogens is 426 g/mol. The first kappa shape index (κ1) is 25.5. The molecule has 0 bridgehead atoms. The van der Waals surface area contributed by atoms with Crippen molar-refractivity contribution < 1.29 is 29.0 Å². The zero-order valence-electron chi connectivity index (χ0n) is 18.6. The topological polar surface area (TPSA) is 148 Å². The molecule has 2 aromatic carbocycles. The summed E-state index contributed by atoms with van der Waals surface area (Å²) in [7, 11) is 0. The number of aliphatic hydroxyl groups is 1. The van der Waals surface area contributed by atoms with Gasteiger partial charge in [-0.3, -0.25) is 19.2 Å². The molecule has 3 amide bonds. The van der Waals surface area contributed by atoms with E-state index in [-0.39, 0.29) is 13.0 Å². The molecule has 0 unspecified atom stereocenters. The highest BCUT2D eigenvalue weighted by atomic mass is 16.5. The Kier molecular flexibility index (Phi) is 9.56. The number of esters is 1. The van der Waals surface area contributed by atoms with Crippen molar-refractivity contribution in [3.05, 3.63) is 71.8 Å². The molecule has 9 nitrogen and oxygen atoms in total. The van der Waals surface area contributed by atoms with E-state index in [4.69, 9.17) is 10.5 Å². The van der Waals surface area contributed by atoms with Crippen LogP contribution in [0.15, 0.2) is 60.7 Å². The van der Waals surface area contributed by atoms with E-state index in [1.165, 1.54) is 0 Å². The zero-order chi connectivity index (χ0) is 24.4. The summed E-state index contributed by atoms with van der Waals surface area (Å²) in [6, 6.07) is 14.5. The Hall–Kier alpha value is -3.72. The van der Waals surface area contributed by atoms with Crippen LogP contribution in [-0.2, 0) is 19.1 Å². The molecule has 0 aliphatic rings. The van der Waals surface area contributed by atoms with E-state index < -0.39 is 47.8 Å². The van der Waals surface area contributed by atoms with Crippen LogP contribution in [0.1, 0.15) is 42.2 Å². The number of carbonyl (C=O) groups excluding carboxylic acids is 4. The van der Waals surface area contributed by atoms with Gasteiger partial charge in [0.1, 0.15) is 6.04 Å². The normalized spacial score (nSPS) is 14.3. The molecule has 0 saturated heterocycles. The molecule has 0 aliphatic heterocycles. The van der Waals surface area contributed by atoms with Gasteiger partial charge in [-0.15, -0.1) is 0 Å². The molecule has 0 saturated carbocycles. The van der Waals surface area contributed by atoms with Gasteiger partial charge in [-0.2, -0.15) is 0 Å². The van der Waals surface area contributed by atoms with Gasteiger partial charge in [-0.05, 0) is 31.0 Å². The van der Waals surface area contributed by atoms with Gasteiger partial charge in [0.05, 0.1) is 18.6 Å². The summed E-state index contributed by atoms with van der Waals surface area (Å²) >= 11 is 0. The minimum absolute atomic E-state index is 0.0982. The maximum atomic E-state index is 12.8. The van der Waals surface area contributed by atoms with Crippen LogP contribution in [0.3, 0.4) is 0 Å². The van der Waals surface area contributed by atoms with Crippen molar-refractivity contribution in [3.63, 3.8) is 0 Å². The van der Waals surface area contributed by atoms with E-state index in [1.807, 2.05) is 0 Å². The van der Waals surface area contributed by atoms with Crippen LogP contribution in [-0.4, -0.2) is 47.6 Å². The van der Waals surface area contributed by atoms with Gasteiger partial charge in [0, 0.05) is 5.56 Å². The number of aliphatic hydroxyl groups excluding tert-OH is 1. The summed E-state index contributed by atoms with van der Waals surface area (Å²) in [4.78, 5) is 49.3. The summed E-state index contributed by atoms with van der Waals surface area (Å²) in [5, 5.41) is 15.9. The lowest BCUT2D eigenvalue weighted by Crippen LogP contribution is -2.52. The highest BCUT2D eigenvalue weighted by Crippen LogP contribution is 2.19. The fourth-order valence-corrected chi connectivity index (χ4v) is 3.21. The number of ether oxygens (including phenoxy) is 1. The molecule has 0 heterocycles. The number of hydrogen-bond donors (Lipinski definition) is 4. The summed E-state index contributed by atoms with van der Waals surface area (Å²) < 4.78 is 4.92. The number of nitrogens with one attached hydrogen (secondary N) is 2. The van der Waals surface area contributed by atoms with E-state index >= 15 is 0 Å². The van der Waals surface area contributed by atoms with Crippen LogP contribution in [0.25, 0.3) is 0 Å². The third-order valence-corrected chi connectivity index (χ3v) is 5.00. The van der Waals surface area contributed by atoms with Crippen molar-refractivity contribution >= 4 is 23.7 Å². The number of amides is 3. The van der Waals surface area contributed by atoms with Crippen LogP contribution in [0.4, 0.5) is 0 Å². The van der Waals surface area contributed by atoms with Gasteiger partial charge >= 0.3 is 5.97 Å². The quantitative estimate of drug-likeness (QED) is 0.373. The van der Waals surface area contributed by atoms with Crippen molar-refractivity contribution in [1.29, 1.82) is 0 Å². The highest BCUT2D eigenvalue weighted by molar-refractivity contribution is 5.95. The van der Waals surface area contributed by atoms with Crippen LogP contribution in [0.5, 0.6) is 0 Å². The number of rotatable bonds is 11. The molecular formula is C24H29N3O6. The molecule has 176 valence electrons. The summed E-state index contributed by atoms with van der Waals surface area (Å²) in [5.74, 6) is -3.51. The fraction of sp³-hybridized carbons (Fsp3) is 0.333. The van der Waals surface area contributed by atoms with E-state index in [0.717, 1.165) is 0 Å². The largest absolute Gasteiger partial charge is 0.466 e. The van der Waals surface area contributed by atoms with Crippen LogP contribution >= 0.6 is 0 Å². The number of hydrogen-bond acceptors (Lipinski definition) is 6. The fourth-order valence-electron chi connectivity index (χ4n) is 3.21. The number of carbonyl (C=O) groups is 4. The second-order valence-corrected chi connectivity index (χ2v) is 7.53. The van der Waals surface area contributed by atoms with Gasteiger partial charge in [-0.1, -0.05) is 55.5 Å². The lowest BCUT2D eigenvalue weighted by molar-refractivity contribution is -0.148. The van der Waals surface area contributed by atoms with Gasteiger partial charge in [-0.25, -0.2) is 0 Å². The predicted octanol–water partition coefficient (Wildman–Crippen LogP) is 1.08. The SMILES string of the molecule is CCOC(=O)[C@@H](C)C[C@@H](NC(=O)[C@H](O)[C@@H](NC(=O)c1ccccc1)c1ccccc1)C(N)=O. The van der Waals surface area contributed by atoms with Crippen molar-refractivity contribution in [2.24, 2.45) is 11.7 Å². The van der Waals surface area contributed by atoms with Crippen molar-refractivity contribution in [2.75, 3.05) is 6.61 Å².